The second-order valence-electron chi connectivity index (χ2n) is 4.65. The minimum atomic E-state index is -0.230. The van der Waals surface area contributed by atoms with E-state index in [2.05, 4.69) is 10.3 Å². The lowest BCUT2D eigenvalue weighted by Crippen LogP contribution is -2.00. The van der Waals surface area contributed by atoms with Gasteiger partial charge in [0.05, 0.1) is 0 Å². The molecule has 0 spiro atoms. The van der Waals surface area contributed by atoms with E-state index in [9.17, 15) is 0 Å². The molecule has 1 N–H and O–H groups in total. The Morgan fingerprint density at radius 1 is 1.00 bits per heavy atom. The molecule has 0 aliphatic carbocycles. The smallest absolute Gasteiger partial charge is 0.163 e. The van der Waals surface area contributed by atoms with E-state index in [-0.39, 0.29) is 11.3 Å². The van der Waals surface area contributed by atoms with Gasteiger partial charge in [-0.1, -0.05) is 6.07 Å². The third-order valence-corrected chi connectivity index (χ3v) is 4.08. The maximum absolute atomic E-state index is 9.02. The average molecular weight is 331 g/mol. The van der Waals surface area contributed by atoms with Gasteiger partial charge in [0.2, 0.25) is 0 Å². The molecule has 0 aliphatic rings. The lowest BCUT2D eigenvalue weighted by molar-refractivity contribution is 1.05. The van der Waals surface area contributed by atoms with Gasteiger partial charge in [0, 0.05) is 28.2 Å². The topological polar surface area (TPSA) is 96.3 Å². The number of aromatic nitrogens is 1. The molecule has 0 radical (unpaired) electrons. The lowest BCUT2D eigenvalue weighted by Gasteiger charge is -2.06. The summed E-state index contributed by atoms with van der Waals surface area (Å²) < 4.78 is 0. The van der Waals surface area contributed by atoms with Gasteiger partial charge >= 0.3 is 0 Å². The molecule has 116 valence electrons. The average Bonchev–Trinajstić information content (AvgIpc) is 2.64. The van der Waals surface area contributed by atoms with Crippen LogP contribution in [0.4, 0.5) is 5.69 Å². The zero-order valence-electron chi connectivity index (χ0n) is 12.7. The highest BCUT2D eigenvalue weighted by atomic mass is 32.2. The number of benzene rings is 1. The Morgan fingerprint density at radius 3 is 2.33 bits per heavy atom. The van der Waals surface area contributed by atoms with Gasteiger partial charge in [0.1, 0.15) is 23.9 Å². The summed E-state index contributed by atoms with van der Waals surface area (Å²) >= 11 is 1.71. The molecule has 0 bridgehead atoms. The number of thioether (sulfide) groups is 1. The number of rotatable bonds is 6. The minimum Gasteiger partial charge on any atom is -0.345 e. The molecule has 0 saturated carbocycles. The van der Waals surface area contributed by atoms with Crippen LogP contribution in [0.2, 0.25) is 0 Å². The van der Waals surface area contributed by atoms with Crippen molar-refractivity contribution in [2.45, 2.75) is 11.3 Å². The number of nitrogens with zero attached hydrogens (tertiary/aromatic N) is 4. The summed E-state index contributed by atoms with van der Waals surface area (Å²) in [6.07, 6.45) is 2.68. The molecule has 0 unspecified atom stereocenters. The van der Waals surface area contributed by atoms with Gasteiger partial charge in [-0.2, -0.15) is 15.8 Å². The van der Waals surface area contributed by atoms with Crippen LogP contribution < -0.4 is 5.32 Å². The van der Waals surface area contributed by atoms with Gasteiger partial charge in [-0.05, 0) is 42.8 Å². The largest absolute Gasteiger partial charge is 0.345 e. The highest BCUT2D eigenvalue weighted by Crippen LogP contribution is 2.22. The molecule has 24 heavy (non-hydrogen) atoms. The predicted molar refractivity (Wildman–Crippen MR) is 92.6 cm³/mol. The van der Waals surface area contributed by atoms with Crippen molar-refractivity contribution in [2.75, 3.05) is 11.1 Å². The number of anilines is 1. The Labute approximate surface area is 144 Å². The number of nitriles is 3. The summed E-state index contributed by atoms with van der Waals surface area (Å²) in [5, 5.41) is 29.4. The van der Waals surface area contributed by atoms with Crippen molar-refractivity contribution >= 4 is 17.4 Å². The van der Waals surface area contributed by atoms with E-state index in [1.54, 1.807) is 30.1 Å². The fraction of sp³-hybridized carbons (Fsp3) is 0.111. The highest BCUT2D eigenvalue weighted by molar-refractivity contribution is 7.99. The number of hydrogen-bond donors (Lipinski definition) is 1. The van der Waals surface area contributed by atoms with E-state index < -0.39 is 0 Å². The third-order valence-electron chi connectivity index (χ3n) is 3.06. The molecule has 5 nitrogen and oxygen atoms in total. The molecule has 0 fully saturated rings. The molecule has 0 atom stereocenters. The van der Waals surface area contributed by atoms with Gasteiger partial charge in [0.25, 0.3) is 0 Å². The number of allylic oxidation sites excluding steroid dienone is 2. The Morgan fingerprint density at radius 2 is 1.75 bits per heavy atom. The maximum Gasteiger partial charge on any atom is 0.163 e. The van der Waals surface area contributed by atoms with E-state index >= 15 is 0 Å². The molecule has 1 aromatic carbocycles. The van der Waals surface area contributed by atoms with Crippen molar-refractivity contribution in [1.82, 2.24) is 4.98 Å². The molecule has 2 rings (SSSR count). The molecule has 0 saturated heterocycles. The van der Waals surface area contributed by atoms with Gasteiger partial charge in [0.15, 0.2) is 5.57 Å². The second-order valence-corrected chi connectivity index (χ2v) is 5.82. The number of pyridine rings is 1. The van der Waals surface area contributed by atoms with E-state index in [1.807, 2.05) is 48.5 Å². The minimum absolute atomic E-state index is 0.0458. The van der Waals surface area contributed by atoms with Gasteiger partial charge in [-0.3, -0.25) is 4.98 Å². The predicted octanol–water partition coefficient (Wildman–Crippen LogP) is 3.65. The molecule has 1 heterocycles. The van der Waals surface area contributed by atoms with Gasteiger partial charge in [-0.25, -0.2) is 0 Å². The standard InChI is InChI=1S/C18H13N5S/c19-11-14(12-20)18(13-21)23-16-4-6-17(7-5-16)24-10-8-15-3-1-2-9-22-15/h1-7,9,23H,8,10H2. The summed E-state index contributed by atoms with van der Waals surface area (Å²) in [5.41, 5.74) is 1.44. The van der Waals surface area contributed by atoms with Crippen molar-refractivity contribution in [3.8, 4) is 18.2 Å². The first-order valence-corrected chi connectivity index (χ1v) is 8.09. The summed E-state index contributed by atoms with van der Waals surface area (Å²) in [7, 11) is 0. The van der Waals surface area contributed by atoms with E-state index in [4.69, 9.17) is 15.8 Å². The zero-order valence-corrected chi connectivity index (χ0v) is 13.5. The monoisotopic (exact) mass is 331 g/mol. The number of nitrogens with one attached hydrogen (secondary N) is 1. The molecule has 2 aromatic rings. The molecule has 6 heteroatoms. The fourth-order valence-corrected chi connectivity index (χ4v) is 2.76. The quantitative estimate of drug-likeness (QED) is 0.641. The zero-order chi connectivity index (χ0) is 17.2. The highest BCUT2D eigenvalue weighted by Gasteiger charge is 2.06. The van der Waals surface area contributed by atoms with Crippen molar-refractivity contribution in [2.24, 2.45) is 0 Å². The van der Waals surface area contributed by atoms with E-state index in [0.29, 0.717) is 5.69 Å². The number of hydrogen-bond acceptors (Lipinski definition) is 6. The summed E-state index contributed by atoms with van der Waals surface area (Å²) in [6, 6.07) is 18.6. The van der Waals surface area contributed by atoms with E-state index in [0.717, 1.165) is 22.8 Å². The van der Waals surface area contributed by atoms with Crippen molar-refractivity contribution in [1.29, 1.82) is 15.8 Å². The van der Waals surface area contributed by atoms with Gasteiger partial charge in [-0.15, -0.1) is 11.8 Å². The van der Waals surface area contributed by atoms with Crippen molar-refractivity contribution in [3.05, 3.63) is 65.6 Å². The molecular weight excluding hydrogens is 318 g/mol. The molecule has 0 amide bonds. The van der Waals surface area contributed by atoms with Crippen LogP contribution in [0.15, 0.2) is 64.8 Å². The van der Waals surface area contributed by atoms with Crippen LogP contribution in [0.1, 0.15) is 5.69 Å². The van der Waals surface area contributed by atoms with Crippen LogP contribution in [-0.2, 0) is 6.42 Å². The van der Waals surface area contributed by atoms with E-state index in [1.165, 1.54) is 0 Å². The summed E-state index contributed by atoms with van der Waals surface area (Å²) in [5.74, 6) is 0.917. The fourth-order valence-electron chi connectivity index (χ4n) is 1.88. The number of aryl methyl sites for hydroxylation is 1. The van der Waals surface area contributed by atoms with Crippen LogP contribution >= 0.6 is 11.8 Å². The molecule has 1 aromatic heterocycles. The second kappa shape index (κ2) is 9.00. The Hall–Kier alpha value is -3.27. The van der Waals surface area contributed by atoms with Crippen LogP contribution in [0.5, 0.6) is 0 Å². The Balaban J connectivity index is 1.94. The Bertz CT molecular complexity index is 820. The van der Waals surface area contributed by atoms with Crippen LogP contribution in [0.25, 0.3) is 0 Å². The molecular formula is C18H13N5S. The summed E-state index contributed by atoms with van der Waals surface area (Å²) in [6.45, 7) is 0. The normalized spacial score (nSPS) is 9.21. The lowest BCUT2D eigenvalue weighted by atomic mass is 10.2. The van der Waals surface area contributed by atoms with Gasteiger partial charge < -0.3 is 5.32 Å². The van der Waals surface area contributed by atoms with Crippen LogP contribution in [0.3, 0.4) is 0 Å². The first-order valence-electron chi connectivity index (χ1n) is 7.11. The van der Waals surface area contributed by atoms with Crippen molar-refractivity contribution < 1.29 is 0 Å². The van der Waals surface area contributed by atoms with Crippen molar-refractivity contribution in [3.63, 3.8) is 0 Å². The first kappa shape index (κ1) is 17.1. The van der Waals surface area contributed by atoms with Crippen LogP contribution in [-0.4, -0.2) is 10.7 Å². The van der Waals surface area contributed by atoms with Crippen LogP contribution in [0, 0.1) is 34.0 Å². The molecule has 0 aliphatic heterocycles. The maximum atomic E-state index is 9.02. The third kappa shape index (κ3) is 4.88. The first-order chi connectivity index (χ1) is 11.8. The Kier molecular flexibility index (Phi) is 6.41. The SMILES string of the molecule is N#CC(C#N)=C(C#N)Nc1ccc(SCCc2ccccn2)cc1. The summed E-state index contributed by atoms with van der Waals surface area (Å²) in [4.78, 5) is 5.38.